The SMILES string of the molecule is CC1CCCCC1N(C)CC(O)C1CCCC1. The van der Waals surface area contributed by atoms with Crippen molar-refractivity contribution in [1.82, 2.24) is 4.90 Å². The summed E-state index contributed by atoms with van der Waals surface area (Å²) in [6.45, 7) is 3.27. The molecule has 2 rings (SSSR count). The highest BCUT2D eigenvalue weighted by atomic mass is 16.3. The van der Waals surface area contributed by atoms with Crippen molar-refractivity contribution in [2.24, 2.45) is 11.8 Å². The van der Waals surface area contributed by atoms with E-state index >= 15 is 0 Å². The summed E-state index contributed by atoms with van der Waals surface area (Å²) in [6.07, 6.45) is 10.5. The largest absolute Gasteiger partial charge is 0.392 e. The van der Waals surface area contributed by atoms with Gasteiger partial charge in [-0.2, -0.15) is 0 Å². The fraction of sp³-hybridized carbons (Fsp3) is 1.00. The molecular formula is C15H29NO. The number of aliphatic hydroxyl groups is 1. The molecule has 0 heterocycles. The van der Waals surface area contributed by atoms with Crippen LogP contribution in [0.25, 0.3) is 0 Å². The number of hydrogen-bond acceptors (Lipinski definition) is 2. The van der Waals surface area contributed by atoms with Gasteiger partial charge in [0.15, 0.2) is 0 Å². The quantitative estimate of drug-likeness (QED) is 0.815. The van der Waals surface area contributed by atoms with Crippen LogP contribution in [-0.2, 0) is 0 Å². The summed E-state index contributed by atoms with van der Waals surface area (Å²) < 4.78 is 0. The van der Waals surface area contributed by atoms with E-state index in [-0.39, 0.29) is 6.10 Å². The molecule has 2 fully saturated rings. The van der Waals surface area contributed by atoms with Gasteiger partial charge in [-0.05, 0) is 44.6 Å². The van der Waals surface area contributed by atoms with Gasteiger partial charge >= 0.3 is 0 Å². The normalized spacial score (nSPS) is 33.2. The fourth-order valence-corrected chi connectivity index (χ4v) is 3.87. The minimum atomic E-state index is -0.0865. The third kappa shape index (κ3) is 3.45. The van der Waals surface area contributed by atoms with E-state index in [4.69, 9.17) is 0 Å². The lowest BCUT2D eigenvalue weighted by molar-refractivity contribution is 0.0401. The summed E-state index contributed by atoms with van der Waals surface area (Å²) in [5.41, 5.74) is 0. The zero-order chi connectivity index (χ0) is 12.3. The predicted octanol–water partition coefficient (Wildman–Crippen LogP) is 3.05. The second-order valence-electron chi connectivity index (χ2n) is 6.38. The molecule has 2 aliphatic carbocycles. The Kier molecular flexibility index (Phi) is 4.87. The fourth-order valence-electron chi connectivity index (χ4n) is 3.87. The first-order chi connectivity index (χ1) is 8.18. The number of likely N-dealkylation sites (N-methyl/N-ethyl adjacent to an activating group) is 1. The molecule has 0 radical (unpaired) electrons. The lowest BCUT2D eigenvalue weighted by Gasteiger charge is -2.38. The Morgan fingerprint density at radius 3 is 2.29 bits per heavy atom. The van der Waals surface area contributed by atoms with Crippen LogP contribution in [0, 0.1) is 11.8 Å². The second kappa shape index (κ2) is 6.19. The molecule has 3 unspecified atom stereocenters. The number of hydrogen-bond donors (Lipinski definition) is 1. The van der Waals surface area contributed by atoms with Gasteiger partial charge in [-0.1, -0.05) is 32.6 Å². The van der Waals surface area contributed by atoms with Crippen molar-refractivity contribution in [1.29, 1.82) is 0 Å². The molecule has 0 aromatic carbocycles. The van der Waals surface area contributed by atoms with E-state index in [2.05, 4.69) is 18.9 Å². The van der Waals surface area contributed by atoms with E-state index in [0.717, 1.165) is 12.5 Å². The molecule has 0 aliphatic heterocycles. The Morgan fingerprint density at radius 2 is 1.65 bits per heavy atom. The molecule has 0 saturated heterocycles. The van der Waals surface area contributed by atoms with Crippen LogP contribution >= 0.6 is 0 Å². The number of aliphatic hydroxyl groups excluding tert-OH is 1. The number of nitrogens with zero attached hydrogens (tertiary/aromatic N) is 1. The maximum Gasteiger partial charge on any atom is 0.0695 e. The summed E-state index contributed by atoms with van der Waals surface area (Å²) in [4.78, 5) is 2.44. The van der Waals surface area contributed by atoms with E-state index in [0.29, 0.717) is 12.0 Å². The van der Waals surface area contributed by atoms with Gasteiger partial charge in [-0.25, -0.2) is 0 Å². The Labute approximate surface area is 106 Å². The molecule has 17 heavy (non-hydrogen) atoms. The first-order valence-electron chi connectivity index (χ1n) is 7.57. The van der Waals surface area contributed by atoms with Crippen LogP contribution < -0.4 is 0 Å². The highest BCUT2D eigenvalue weighted by molar-refractivity contribution is 4.83. The van der Waals surface area contributed by atoms with Crippen LogP contribution in [-0.4, -0.2) is 35.7 Å². The molecule has 3 atom stereocenters. The Morgan fingerprint density at radius 1 is 1.06 bits per heavy atom. The zero-order valence-corrected chi connectivity index (χ0v) is 11.6. The maximum atomic E-state index is 10.3. The van der Waals surface area contributed by atoms with Crippen LogP contribution in [0.1, 0.15) is 58.3 Å². The maximum absolute atomic E-state index is 10.3. The van der Waals surface area contributed by atoms with Gasteiger partial charge in [0.2, 0.25) is 0 Å². The summed E-state index contributed by atoms with van der Waals surface area (Å²) in [5, 5.41) is 10.3. The molecular weight excluding hydrogens is 210 g/mol. The molecule has 0 spiro atoms. The third-order valence-electron chi connectivity index (χ3n) is 5.05. The molecule has 0 bridgehead atoms. The van der Waals surface area contributed by atoms with Crippen molar-refractivity contribution in [3.8, 4) is 0 Å². The van der Waals surface area contributed by atoms with Crippen molar-refractivity contribution >= 4 is 0 Å². The molecule has 1 N–H and O–H groups in total. The zero-order valence-electron chi connectivity index (χ0n) is 11.6. The average molecular weight is 239 g/mol. The van der Waals surface area contributed by atoms with E-state index in [9.17, 15) is 5.11 Å². The Balaban J connectivity index is 1.80. The van der Waals surface area contributed by atoms with Gasteiger partial charge in [0.1, 0.15) is 0 Å². The van der Waals surface area contributed by atoms with Crippen LogP contribution in [0.3, 0.4) is 0 Å². The highest BCUT2D eigenvalue weighted by Gasteiger charge is 2.29. The van der Waals surface area contributed by atoms with Crippen molar-refractivity contribution in [2.75, 3.05) is 13.6 Å². The minimum Gasteiger partial charge on any atom is -0.392 e. The third-order valence-corrected chi connectivity index (χ3v) is 5.05. The Hall–Kier alpha value is -0.0800. The second-order valence-corrected chi connectivity index (χ2v) is 6.38. The smallest absolute Gasteiger partial charge is 0.0695 e. The van der Waals surface area contributed by atoms with Crippen molar-refractivity contribution in [3.05, 3.63) is 0 Å². The summed E-state index contributed by atoms with van der Waals surface area (Å²) in [5.74, 6) is 1.39. The van der Waals surface area contributed by atoms with Gasteiger partial charge in [0.25, 0.3) is 0 Å². The lowest BCUT2D eigenvalue weighted by Crippen LogP contribution is -2.44. The summed E-state index contributed by atoms with van der Waals surface area (Å²) in [7, 11) is 2.21. The van der Waals surface area contributed by atoms with Crippen molar-refractivity contribution < 1.29 is 5.11 Å². The minimum absolute atomic E-state index is 0.0865. The van der Waals surface area contributed by atoms with E-state index in [1.54, 1.807) is 0 Å². The van der Waals surface area contributed by atoms with Crippen molar-refractivity contribution in [2.45, 2.75) is 70.4 Å². The van der Waals surface area contributed by atoms with Gasteiger partial charge < -0.3 is 10.0 Å². The summed E-state index contributed by atoms with van der Waals surface area (Å²) >= 11 is 0. The van der Waals surface area contributed by atoms with Gasteiger partial charge in [0.05, 0.1) is 6.10 Å². The monoisotopic (exact) mass is 239 g/mol. The average Bonchev–Trinajstić information content (AvgIpc) is 2.82. The number of rotatable bonds is 4. The molecule has 2 aliphatic rings. The van der Waals surface area contributed by atoms with Gasteiger partial charge in [-0.3, -0.25) is 0 Å². The van der Waals surface area contributed by atoms with Gasteiger partial charge in [0, 0.05) is 12.6 Å². The first-order valence-corrected chi connectivity index (χ1v) is 7.57. The molecule has 100 valence electrons. The van der Waals surface area contributed by atoms with Crippen molar-refractivity contribution in [3.63, 3.8) is 0 Å². The predicted molar refractivity (Wildman–Crippen MR) is 72.0 cm³/mol. The molecule has 2 heteroatoms. The molecule has 0 aromatic heterocycles. The Bertz CT molecular complexity index is 225. The van der Waals surface area contributed by atoms with E-state index in [1.165, 1.54) is 51.4 Å². The van der Waals surface area contributed by atoms with E-state index in [1.807, 2.05) is 0 Å². The van der Waals surface area contributed by atoms with Crippen LogP contribution in [0.15, 0.2) is 0 Å². The molecule has 0 amide bonds. The topological polar surface area (TPSA) is 23.5 Å². The van der Waals surface area contributed by atoms with Crippen LogP contribution in [0.5, 0.6) is 0 Å². The lowest BCUT2D eigenvalue weighted by atomic mass is 9.84. The van der Waals surface area contributed by atoms with E-state index < -0.39 is 0 Å². The van der Waals surface area contributed by atoms with Crippen LogP contribution in [0.4, 0.5) is 0 Å². The highest BCUT2D eigenvalue weighted by Crippen LogP contribution is 2.30. The van der Waals surface area contributed by atoms with Crippen LogP contribution in [0.2, 0.25) is 0 Å². The standard InChI is InChI=1S/C15H29NO/c1-12-7-3-6-10-14(12)16(2)11-15(17)13-8-4-5-9-13/h12-15,17H,3-11H2,1-2H3. The molecule has 2 saturated carbocycles. The molecule has 0 aromatic rings. The first kappa shape index (κ1) is 13.4. The van der Waals surface area contributed by atoms with Gasteiger partial charge in [-0.15, -0.1) is 0 Å². The summed E-state index contributed by atoms with van der Waals surface area (Å²) in [6, 6.07) is 0.708. The molecule has 2 nitrogen and oxygen atoms in total.